The van der Waals surface area contributed by atoms with E-state index in [0.717, 1.165) is 118 Å². The number of carbonyl (C=O) groups excluding carboxylic acids is 3. The third-order valence-electron chi connectivity index (χ3n) is 15.5. The Morgan fingerprint density at radius 2 is 1.53 bits per heavy atom. The topological polar surface area (TPSA) is 172 Å². The summed E-state index contributed by atoms with van der Waals surface area (Å²) in [5.74, 6) is 4.14. The molecule has 15 heteroatoms. The van der Waals surface area contributed by atoms with Crippen molar-refractivity contribution in [3.63, 3.8) is 0 Å². The third-order valence-corrected chi connectivity index (χ3v) is 15.5. The minimum atomic E-state index is -0.740. The molecule has 3 amide bonds. The van der Waals surface area contributed by atoms with Crippen LogP contribution < -0.4 is 25.8 Å². The summed E-state index contributed by atoms with van der Waals surface area (Å²) >= 11 is 0. The molecule has 68 heavy (non-hydrogen) atoms. The highest BCUT2D eigenvalue weighted by Gasteiger charge is 2.56. The van der Waals surface area contributed by atoms with Gasteiger partial charge in [-0.3, -0.25) is 19.3 Å². The van der Waals surface area contributed by atoms with E-state index >= 15 is 0 Å². The number of hydrogen-bond donors (Lipinski definition) is 4. The second-order valence-electron chi connectivity index (χ2n) is 21.0. The van der Waals surface area contributed by atoms with Crippen molar-refractivity contribution in [2.75, 3.05) is 68.0 Å². The number of amides is 3. The lowest BCUT2D eigenvalue weighted by Crippen LogP contribution is -2.60. The first-order valence-corrected chi connectivity index (χ1v) is 24.6. The second-order valence-corrected chi connectivity index (χ2v) is 21.0. The number of phenols is 1. The summed E-state index contributed by atoms with van der Waals surface area (Å²) in [6, 6.07) is 15.7. The molecule has 15 nitrogen and oxygen atoms in total. The van der Waals surface area contributed by atoms with Crippen LogP contribution in [0, 0.1) is 29.1 Å². The van der Waals surface area contributed by atoms with Crippen molar-refractivity contribution >= 4 is 35.2 Å². The number of rotatable bonds is 12. The molecule has 3 unspecified atom stereocenters. The van der Waals surface area contributed by atoms with Gasteiger partial charge in [0.2, 0.25) is 23.7 Å². The molecule has 3 saturated heterocycles. The van der Waals surface area contributed by atoms with Crippen LogP contribution in [0.5, 0.6) is 5.75 Å². The molecule has 5 fully saturated rings. The maximum Gasteiger partial charge on any atom is 0.246 e. The molecule has 3 aliphatic heterocycles. The van der Waals surface area contributed by atoms with Gasteiger partial charge in [-0.1, -0.05) is 51.0 Å². The van der Waals surface area contributed by atoms with Gasteiger partial charge in [0.15, 0.2) is 5.82 Å². The molecule has 3 atom stereocenters. The average molecular weight is 922 g/mol. The maximum absolute atomic E-state index is 14.2. The highest BCUT2D eigenvalue weighted by molar-refractivity contribution is 5.93. The van der Waals surface area contributed by atoms with Crippen LogP contribution in [-0.4, -0.2) is 124 Å². The highest BCUT2D eigenvalue weighted by atomic mass is 16.3. The van der Waals surface area contributed by atoms with E-state index in [0.29, 0.717) is 36.2 Å². The van der Waals surface area contributed by atoms with Gasteiger partial charge in [0, 0.05) is 88.3 Å². The minimum Gasteiger partial charge on any atom is -0.507 e. The van der Waals surface area contributed by atoms with Gasteiger partial charge < -0.3 is 35.8 Å². The van der Waals surface area contributed by atoms with Crippen LogP contribution in [0.25, 0.3) is 11.3 Å². The number of piperidine rings is 1. The van der Waals surface area contributed by atoms with Crippen molar-refractivity contribution in [3.05, 3.63) is 83.7 Å². The summed E-state index contributed by atoms with van der Waals surface area (Å²) in [6.45, 7) is 13.9. The van der Waals surface area contributed by atoms with E-state index in [1.807, 2.05) is 89.6 Å². The van der Waals surface area contributed by atoms with Crippen molar-refractivity contribution in [3.8, 4) is 29.4 Å². The number of aromatic hydroxyl groups is 1. The van der Waals surface area contributed by atoms with Gasteiger partial charge >= 0.3 is 0 Å². The number of terminal acetylenes is 1. The van der Waals surface area contributed by atoms with E-state index in [9.17, 15) is 19.5 Å². The van der Waals surface area contributed by atoms with Crippen molar-refractivity contribution < 1.29 is 19.5 Å². The number of carbonyl (C=O) groups is 3. The van der Waals surface area contributed by atoms with E-state index < -0.39 is 17.5 Å². The van der Waals surface area contributed by atoms with E-state index in [-0.39, 0.29) is 40.8 Å². The SMILES string of the molecule is C#Cc1ccc(C(C)NC(=O)C2CCCN2C(=O)C(NC(=O)C2CC3(C2)CC(c2cnc(N4CCC(N5CCN(c6cc(-c7ccccc7O)nnc6NC)CC5)CC4)nc2)C3)C(C)(C)C)cc1. The van der Waals surface area contributed by atoms with Gasteiger partial charge in [-0.15, -0.1) is 16.6 Å². The summed E-state index contributed by atoms with van der Waals surface area (Å²) in [7, 11) is 1.86. The Morgan fingerprint density at radius 1 is 0.838 bits per heavy atom. The highest BCUT2D eigenvalue weighted by Crippen LogP contribution is 2.64. The fourth-order valence-corrected chi connectivity index (χ4v) is 11.5. The number of piperazine rings is 1. The number of nitrogens with one attached hydrogen (secondary N) is 3. The van der Waals surface area contributed by atoms with Crippen molar-refractivity contribution in [1.29, 1.82) is 0 Å². The van der Waals surface area contributed by atoms with Gasteiger partial charge in [0.05, 0.1) is 17.4 Å². The van der Waals surface area contributed by atoms with E-state index in [1.165, 1.54) is 0 Å². The van der Waals surface area contributed by atoms with E-state index in [1.54, 1.807) is 17.0 Å². The molecule has 2 aliphatic carbocycles. The molecule has 2 aromatic heterocycles. The lowest BCUT2D eigenvalue weighted by molar-refractivity contribution is -0.148. The smallest absolute Gasteiger partial charge is 0.246 e. The van der Waals surface area contributed by atoms with Crippen LogP contribution in [0.2, 0.25) is 0 Å². The molecule has 2 saturated carbocycles. The Hall–Kier alpha value is -6.27. The zero-order valence-corrected chi connectivity index (χ0v) is 40.2. The fourth-order valence-electron chi connectivity index (χ4n) is 11.5. The Labute approximate surface area is 400 Å². The Morgan fingerprint density at radius 3 is 2.18 bits per heavy atom. The Bertz CT molecular complexity index is 2490. The van der Waals surface area contributed by atoms with Crippen LogP contribution in [0.15, 0.2) is 67.0 Å². The molecule has 5 heterocycles. The zero-order chi connectivity index (χ0) is 47.7. The maximum atomic E-state index is 14.2. The molecule has 1 spiro atoms. The standard InChI is InChI=1S/C53H67N11O4/c1-7-35-14-16-36(17-15-35)34(2)57-49(67)43-12-10-20-64(43)50(68)46(52(3,4)5)58-48(66)38-30-53(31-38)28-37(29-53)39-32-55-51(56-33-39)63-21-18-40(19-22-63)61-23-25-62(26-24-61)44-27-42(59-60-47(44)54-6)41-11-8-9-13-45(41)65/h1,8-9,11,13-17,27,32-34,37-38,40,43,46,65H,10,12,18-26,28-31H2,2-6H3,(H,54,60)(H,57,67)(H,58,66). The normalized spacial score (nSPS) is 24.1. The predicted molar refractivity (Wildman–Crippen MR) is 264 cm³/mol. The Kier molecular flexibility index (Phi) is 13.3. The lowest BCUT2D eigenvalue weighted by atomic mass is 9.47. The molecule has 9 rings (SSSR count). The predicted octanol–water partition coefficient (Wildman–Crippen LogP) is 6.13. The average Bonchev–Trinajstić information content (AvgIpc) is 3.83. The minimum absolute atomic E-state index is 0.0684. The molecule has 5 aliphatic rings. The van der Waals surface area contributed by atoms with Gasteiger partial charge in [0.1, 0.15) is 17.8 Å². The summed E-state index contributed by atoms with van der Waals surface area (Å²) in [5.41, 5.74) is 4.81. The van der Waals surface area contributed by atoms with Gasteiger partial charge in [-0.05, 0) is 116 Å². The van der Waals surface area contributed by atoms with Gasteiger partial charge in [-0.25, -0.2) is 9.97 Å². The van der Waals surface area contributed by atoms with Crippen LogP contribution >= 0.6 is 0 Å². The van der Waals surface area contributed by atoms with E-state index in [4.69, 9.17) is 16.4 Å². The number of benzene rings is 2. The zero-order valence-electron chi connectivity index (χ0n) is 40.2. The van der Waals surface area contributed by atoms with Crippen molar-refractivity contribution in [2.45, 2.75) is 109 Å². The largest absolute Gasteiger partial charge is 0.507 e. The number of para-hydroxylation sites is 1. The lowest BCUT2D eigenvalue weighted by Gasteiger charge is -2.57. The number of phenolic OH excluding ortho intramolecular Hbond substituents is 1. The molecule has 4 N–H and O–H groups in total. The van der Waals surface area contributed by atoms with Crippen LogP contribution in [0.1, 0.15) is 108 Å². The number of likely N-dealkylation sites (tertiary alicyclic amines) is 1. The van der Waals surface area contributed by atoms with Crippen LogP contribution in [0.4, 0.5) is 17.5 Å². The number of hydrogen-bond acceptors (Lipinski definition) is 12. The van der Waals surface area contributed by atoms with E-state index in [2.05, 4.69) is 46.8 Å². The number of anilines is 3. The molecule has 2 aromatic carbocycles. The van der Waals surface area contributed by atoms with Gasteiger partial charge in [0.25, 0.3) is 0 Å². The fraction of sp³-hybridized carbons (Fsp3) is 0.528. The molecule has 4 aromatic rings. The molecular formula is C53H67N11O4. The quantitative estimate of drug-likeness (QED) is 0.120. The summed E-state index contributed by atoms with van der Waals surface area (Å²) in [5, 5.41) is 28.7. The molecule has 358 valence electrons. The van der Waals surface area contributed by atoms with Crippen LogP contribution in [0.3, 0.4) is 0 Å². The van der Waals surface area contributed by atoms with Crippen molar-refractivity contribution in [2.24, 2.45) is 16.7 Å². The number of nitrogens with zero attached hydrogens (tertiary/aromatic N) is 8. The van der Waals surface area contributed by atoms with Crippen molar-refractivity contribution in [1.82, 2.24) is 40.6 Å². The third kappa shape index (κ3) is 9.70. The first-order valence-electron chi connectivity index (χ1n) is 24.6. The summed E-state index contributed by atoms with van der Waals surface area (Å²) in [4.78, 5) is 60.2. The van der Waals surface area contributed by atoms with Gasteiger partial charge in [-0.2, -0.15) is 0 Å². The van der Waals surface area contributed by atoms with Crippen LogP contribution in [-0.2, 0) is 14.4 Å². The number of aromatic nitrogens is 4. The molecule has 0 bridgehead atoms. The molecule has 0 radical (unpaired) electrons. The monoisotopic (exact) mass is 922 g/mol. The summed E-state index contributed by atoms with van der Waals surface area (Å²) in [6.07, 6.45) is 16.6. The first-order chi connectivity index (χ1) is 32.7. The first kappa shape index (κ1) is 46.8. The molecular weight excluding hydrogens is 855 g/mol. The Balaban J connectivity index is 0.715. The summed E-state index contributed by atoms with van der Waals surface area (Å²) < 4.78 is 0. The second kappa shape index (κ2) is 19.4.